The summed E-state index contributed by atoms with van der Waals surface area (Å²) in [5.74, 6) is 0.0338. The molecule has 2 unspecified atom stereocenters. The third-order valence-corrected chi connectivity index (χ3v) is 7.19. The number of thiophene rings is 1. The first kappa shape index (κ1) is 20.0. The Hall–Kier alpha value is -1.29. The van der Waals surface area contributed by atoms with Crippen molar-refractivity contribution in [3.63, 3.8) is 0 Å². The standard InChI is InChI=1S/C16H25N3O4S2/c1-10(2)12-8-19(9-13(12)17-25(22,23)18(4)5)16(21)15-7-6-14(24-15)11(3)20/h6-7,10,12-13,17H,8-9H2,1-5H3. The predicted molar refractivity (Wildman–Crippen MR) is 98.1 cm³/mol. The van der Waals surface area contributed by atoms with Crippen LogP contribution in [-0.4, -0.2) is 62.5 Å². The molecule has 1 amide bonds. The number of carbonyl (C=O) groups excluding carboxylic acids is 2. The Kier molecular flexibility index (Phi) is 6.03. The van der Waals surface area contributed by atoms with Crippen molar-refractivity contribution in [1.82, 2.24) is 13.9 Å². The zero-order valence-electron chi connectivity index (χ0n) is 15.1. The smallest absolute Gasteiger partial charge is 0.279 e. The summed E-state index contributed by atoms with van der Waals surface area (Å²) in [7, 11) is -0.622. The molecule has 1 aromatic heterocycles. The molecule has 2 heterocycles. The molecule has 140 valence electrons. The predicted octanol–water partition coefficient (Wildman–Crippen LogP) is 1.44. The number of amides is 1. The van der Waals surface area contributed by atoms with E-state index < -0.39 is 10.2 Å². The number of nitrogens with zero attached hydrogens (tertiary/aromatic N) is 2. The lowest BCUT2D eigenvalue weighted by Crippen LogP contribution is -2.46. The van der Waals surface area contributed by atoms with Gasteiger partial charge in [0.2, 0.25) is 0 Å². The van der Waals surface area contributed by atoms with Crippen LogP contribution in [0.25, 0.3) is 0 Å². The minimum Gasteiger partial charge on any atom is -0.336 e. The largest absolute Gasteiger partial charge is 0.336 e. The van der Waals surface area contributed by atoms with Gasteiger partial charge in [-0.2, -0.15) is 17.4 Å². The van der Waals surface area contributed by atoms with Gasteiger partial charge in [0, 0.05) is 33.2 Å². The van der Waals surface area contributed by atoms with Crippen LogP contribution in [0.15, 0.2) is 12.1 Å². The first-order valence-electron chi connectivity index (χ1n) is 8.12. The summed E-state index contributed by atoms with van der Waals surface area (Å²) in [4.78, 5) is 26.9. The SMILES string of the molecule is CC(=O)c1ccc(C(=O)N2CC(NS(=O)(=O)N(C)C)C(C(C)C)C2)s1. The van der Waals surface area contributed by atoms with E-state index in [1.807, 2.05) is 13.8 Å². The van der Waals surface area contributed by atoms with Gasteiger partial charge in [0.05, 0.1) is 9.75 Å². The number of Topliss-reactive ketones (excluding diaryl/α,β-unsaturated/α-hetero) is 1. The molecule has 9 heteroatoms. The molecule has 0 saturated carbocycles. The lowest BCUT2D eigenvalue weighted by atomic mass is 9.92. The van der Waals surface area contributed by atoms with Crippen molar-refractivity contribution < 1.29 is 18.0 Å². The van der Waals surface area contributed by atoms with Crippen LogP contribution in [0.5, 0.6) is 0 Å². The second-order valence-electron chi connectivity index (χ2n) is 6.85. The minimum atomic E-state index is -3.57. The fourth-order valence-corrected chi connectivity index (χ4v) is 4.60. The molecule has 0 radical (unpaired) electrons. The van der Waals surface area contributed by atoms with Crippen molar-refractivity contribution in [2.45, 2.75) is 26.8 Å². The second-order valence-corrected chi connectivity index (χ2v) is 9.85. The number of hydrogen-bond acceptors (Lipinski definition) is 5. The maximum absolute atomic E-state index is 12.7. The highest BCUT2D eigenvalue weighted by molar-refractivity contribution is 7.87. The monoisotopic (exact) mass is 387 g/mol. The Morgan fingerprint density at radius 1 is 1.24 bits per heavy atom. The normalized spacial score (nSPS) is 21.3. The fraction of sp³-hybridized carbons (Fsp3) is 0.625. The van der Waals surface area contributed by atoms with Crippen LogP contribution < -0.4 is 4.72 Å². The van der Waals surface area contributed by atoms with E-state index in [0.717, 1.165) is 4.31 Å². The Bertz CT molecular complexity index is 755. The second kappa shape index (κ2) is 7.53. The molecule has 1 N–H and O–H groups in total. The molecule has 2 rings (SSSR count). The first-order valence-corrected chi connectivity index (χ1v) is 10.4. The molecule has 25 heavy (non-hydrogen) atoms. The Morgan fingerprint density at radius 3 is 2.32 bits per heavy atom. The molecule has 0 spiro atoms. The van der Waals surface area contributed by atoms with Crippen LogP contribution in [0, 0.1) is 11.8 Å². The van der Waals surface area contributed by atoms with E-state index in [1.165, 1.54) is 32.4 Å². The zero-order chi connectivity index (χ0) is 18.9. The van der Waals surface area contributed by atoms with Gasteiger partial charge in [-0.25, -0.2) is 0 Å². The molecular formula is C16H25N3O4S2. The van der Waals surface area contributed by atoms with Gasteiger partial charge in [-0.15, -0.1) is 11.3 Å². The number of rotatable bonds is 6. The molecule has 7 nitrogen and oxygen atoms in total. The van der Waals surface area contributed by atoms with E-state index in [-0.39, 0.29) is 29.6 Å². The van der Waals surface area contributed by atoms with Crippen LogP contribution in [0.3, 0.4) is 0 Å². The molecule has 0 bridgehead atoms. The highest BCUT2D eigenvalue weighted by atomic mass is 32.2. The molecule has 1 aliphatic rings. The Morgan fingerprint density at radius 2 is 1.84 bits per heavy atom. The molecule has 1 aliphatic heterocycles. The maximum atomic E-state index is 12.7. The molecule has 1 saturated heterocycles. The first-order chi connectivity index (χ1) is 11.5. The van der Waals surface area contributed by atoms with Gasteiger partial charge in [0.15, 0.2) is 5.78 Å². The summed E-state index contributed by atoms with van der Waals surface area (Å²) >= 11 is 1.18. The topological polar surface area (TPSA) is 86.8 Å². The molecule has 1 aromatic rings. The van der Waals surface area contributed by atoms with Crippen molar-refractivity contribution in [3.05, 3.63) is 21.9 Å². The number of ketones is 1. The molecule has 0 aromatic carbocycles. The van der Waals surface area contributed by atoms with Crippen LogP contribution >= 0.6 is 11.3 Å². The van der Waals surface area contributed by atoms with Gasteiger partial charge >= 0.3 is 0 Å². The lowest BCUT2D eigenvalue weighted by Gasteiger charge is -2.24. The van der Waals surface area contributed by atoms with Crippen molar-refractivity contribution in [2.75, 3.05) is 27.2 Å². The highest BCUT2D eigenvalue weighted by Gasteiger charge is 2.39. The van der Waals surface area contributed by atoms with E-state index in [9.17, 15) is 18.0 Å². The third-order valence-electron chi connectivity index (χ3n) is 4.45. The van der Waals surface area contributed by atoms with Gasteiger partial charge in [-0.05, 0) is 30.9 Å². The average Bonchev–Trinajstić information content (AvgIpc) is 3.12. The maximum Gasteiger partial charge on any atom is 0.279 e. The fourth-order valence-electron chi connectivity index (χ4n) is 2.89. The van der Waals surface area contributed by atoms with Gasteiger partial charge in [0.1, 0.15) is 0 Å². The third kappa shape index (κ3) is 4.46. The van der Waals surface area contributed by atoms with E-state index in [1.54, 1.807) is 17.0 Å². The Labute approximate surface area is 153 Å². The highest BCUT2D eigenvalue weighted by Crippen LogP contribution is 2.28. The summed E-state index contributed by atoms with van der Waals surface area (Å²) in [6.07, 6.45) is 0. The molecule has 1 fully saturated rings. The van der Waals surface area contributed by atoms with Crippen molar-refractivity contribution in [2.24, 2.45) is 11.8 Å². The van der Waals surface area contributed by atoms with E-state index in [0.29, 0.717) is 22.8 Å². The van der Waals surface area contributed by atoms with Crippen molar-refractivity contribution in [1.29, 1.82) is 0 Å². The van der Waals surface area contributed by atoms with E-state index in [4.69, 9.17) is 0 Å². The van der Waals surface area contributed by atoms with Crippen molar-refractivity contribution >= 4 is 33.2 Å². The lowest BCUT2D eigenvalue weighted by molar-refractivity contribution is 0.0787. The van der Waals surface area contributed by atoms with Gasteiger partial charge in [-0.3, -0.25) is 9.59 Å². The number of carbonyl (C=O) groups is 2. The summed E-state index contributed by atoms with van der Waals surface area (Å²) in [6, 6.07) is 2.98. The summed E-state index contributed by atoms with van der Waals surface area (Å²) in [5, 5.41) is 0. The molecule has 2 atom stereocenters. The van der Waals surface area contributed by atoms with Crippen LogP contribution in [0.1, 0.15) is 40.1 Å². The molecular weight excluding hydrogens is 362 g/mol. The average molecular weight is 388 g/mol. The number of likely N-dealkylation sites (tertiary alicyclic amines) is 1. The number of hydrogen-bond donors (Lipinski definition) is 1. The van der Waals surface area contributed by atoms with Crippen LogP contribution in [-0.2, 0) is 10.2 Å². The minimum absolute atomic E-state index is 0.0333. The van der Waals surface area contributed by atoms with E-state index >= 15 is 0 Å². The zero-order valence-corrected chi connectivity index (χ0v) is 16.8. The summed E-state index contributed by atoms with van der Waals surface area (Å²) < 4.78 is 28.1. The van der Waals surface area contributed by atoms with Gasteiger partial charge < -0.3 is 4.90 Å². The quantitative estimate of drug-likeness (QED) is 0.749. The van der Waals surface area contributed by atoms with Crippen LogP contribution in [0.4, 0.5) is 0 Å². The Balaban J connectivity index is 2.18. The van der Waals surface area contributed by atoms with E-state index in [2.05, 4.69) is 4.72 Å². The van der Waals surface area contributed by atoms with Gasteiger partial charge in [-0.1, -0.05) is 13.8 Å². The van der Waals surface area contributed by atoms with Gasteiger partial charge in [0.25, 0.3) is 16.1 Å². The number of nitrogens with one attached hydrogen (secondary N) is 1. The van der Waals surface area contributed by atoms with Crippen molar-refractivity contribution in [3.8, 4) is 0 Å². The molecule has 0 aliphatic carbocycles. The summed E-state index contributed by atoms with van der Waals surface area (Å²) in [5.41, 5.74) is 0. The summed E-state index contributed by atoms with van der Waals surface area (Å²) in [6.45, 7) is 6.33. The van der Waals surface area contributed by atoms with Crippen LogP contribution in [0.2, 0.25) is 0 Å².